The van der Waals surface area contributed by atoms with Gasteiger partial charge in [-0.05, 0) is 410 Å². The van der Waals surface area contributed by atoms with Gasteiger partial charge in [-0.3, -0.25) is 9.59 Å². The minimum atomic E-state index is -4.48. The summed E-state index contributed by atoms with van der Waals surface area (Å²) in [4.78, 5) is 47.3. The maximum atomic E-state index is 12.7. The van der Waals surface area contributed by atoms with Crippen molar-refractivity contribution in [3.05, 3.63) is 0 Å². The Morgan fingerprint density at radius 3 is 0.972 bits per heavy atom. The zero-order valence-electron chi connectivity index (χ0n) is 92.2. The van der Waals surface area contributed by atoms with E-state index in [1.807, 2.05) is 28.2 Å². The minimum Gasteiger partial charge on any atom is -0.748 e. The Balaban J connectivity index is 0.000000200. The van der Waals surface area contributed by atoms with E-state index < -0.39 is 68.4 Å². The summed E-state index contributed by atoms with van der Waals surface area (Å²) in [5, 5.41) is 160. The Hall–Kier alpha value is -0.900. The van der Waals surface area contributed by atoms with Gasteiger partial charge in [-0.15, -0.1) is 0 Å². The fourth-order valence-corrected chi connectivity index (χ4v) is 39.2. The molecule has 16 aliphatic carbocycles. The molecule has 0 radical (unpaired) electrons. The third-order valence-corrected chi connectivity index (χ3v) is 47.7. The first-order chi connectivity index (χ1) is 66.1. The van der Waals surface area contributed by atoms with E-state index in [2.05, 4.69) is 93.7 Å². The van der Waals surface area contributed by atoms with E-state index in [1.54, 1.807) is 0 Å². The zero-order chi connectivity index (χ0) is 104. The molecule has 0 heterocycles. The zero-order valence-corrected chi connectivity index (χ0v) is 97.8. The maximum absolute atomic E-state index is 12.7. The van der Waals surface area contributed by atoms with Crippen LogP contribution in [0.25, 0.3) is 0 Å². The maximum Gasteiger partial charge on any atom is 1.00 e. The molecular weight excluding hydrogens is 1910 g/mol. The molecule has 29 nitrogen and oxygen atoms in total. The quantitative estimate of drug-likeness (QED) is 0.0199. The summed E-state index contributed by atoms with van der Waals surface area (Å²) in [6.07, 6.45) is 27.5. The fraction of sp³-hybridized carbons (Fsp3) is 0.964. The van der Waals surface area contributed by atoms with Crippen LogP contribution in [0.5, 0.6) is 0 Å². The second-order valence-corrected chi connectivity index (χ2v) is 57.4. The monoisotopic (exact) mass is 2110 g/mol. The summed E-state index contributed by atoms with van der Waals surface area (Å²) in [5.74, 6) is 4.95. The van der Waals surface area contributed by atoms with E-state index in [-0.39, 0.29) is 259 Å². The second-order valence-electron chi connectivity index (χ2n) is 54.4. The number of rotatable bonds is 32. The van der Waals surface area contributed by atoms with Crippen LogP contribution in [-0.4, -0.2) is 278 Å². The number of carbonyl (C=O) groups is 4. The number of aliphatic hydroxyl groups is 12. The van der Waals surface area contributed by atoms with Crippen LogP contribution >= 0.6 is 0 Å². The van der Waals surface area contributed by atoms with Gasteiger partial charge < -0.3 is 115 Å². The van der Waals surface area contributed by atoms with E-state index in [4.69, 9.17) is 0 Å². The van der Waals surface area contributed by atoms with Crippen LogP contribution < -0.4 is 80.0 Å². The molecule has 16 rings (SSSR count). The van der Waals surface area contributed by atoms with Crippen molar-refractivity contribution in [2.75, 3.05) is 79.0 Å². The number of likely N-dealkylation sites (N-methyl/N-ethyl adjacent to an activating group) is 1. The van der Waals surface area contributed by atoms with Gasteiger partial charge >= 0.3 is 59.1 Å². The SMILES string of the molecule is C[C@H](CCC(=O)NCCC[N+](C)(C)CC(O)CS(=O)(=O)[O-])[C@H]1CCC2[C@@H]3[C@H](O)CC4C[C@H](O)CC[C@]4(C)[C@H]3C[C@H](O)[C@@]21C.C[C@H](CCC(=O)NCCC[N+](C)(C)CCCS(=O)(=O)[O-])[C@H]1CC[C@H]2[C@@H]3[C@H](O)CC4C[C@H](O)CC[C@]4(C)[C@H]3C[C@H](O)[C@]12C.C[C@H](CCC(=O)[O-])[C@H]1CCC2C3C(C[C@H](O)[C@@]21C)[C@@]1(C)CC[C@@H](O)C[C@H]1C[C@H]3O.C[C@H](CCC(=O)[O-])[C@H]1CC[C@H]2[C@@H]3CC[C@@H]4C[C@H](O)CC[C@]4(C)[C@H]3C[C@H](O)[C@]12C.O.[Na+].[Na+]. The number of quaternary nitrogens is 2. The first-order valence-electron chi connectivity index (χ1n) is 56.7. The fourth-order valence-electron chi connectivity index (χ4n) is 38.1. The predicted octanol–water partition coefficient (Wildman–Crippen LogP) is 3.18. The molecule has 33 heteroatoms. The van der Waals surface area contributed by atoms with Crippen LogP contribution in [0.3, 0.4) is 0 Å². The summed E-state index contributed by atoms with van der Waals surface area (Å²) in [6, 6.07) is 0. The molecule has 0 saturated heterocycles. The van der Waals surface area contributed by atoms with Crippen molar-refractivity contribution >= 4 is 44.0 Å². The third-order valence-electron chi connectivity index (χ3n) is 46.1. The topological polar surface area (TPSA) is 527 Å². The summed E-state index contributed by atoms with van der Waals surface area (Å²) in [7, 11) is -0.952. The molecule has 16 aliphatic rings. The minimum absolute atomic E-state index is 0. The van der Waals surface area contributed by atoms with Gasteiger partial charge in [0.2, 0.25) is 11.8 Å². The first-order valence-corrected chi connectivity index (χ1v) is 59.9. The number of amides is 2. The van der Waals surface area contributed by atoms with Crippen molar-refractivity contribution in [3.63, 3.8) is 0 Å². The van der Waals surface area contributed by atoms with Gasteiger partial charge in [0, 0.05) is 62.9 Å². The normalized spacial score (nSPS) is 44.6. The molecule has 0 aromatic rings. The van der Waals surface area contributed by atoms with E-state index >= 15 is 0 Å². The van der Waals surface area contributed by atoms with Crippen molar-refractivity contribution in [2.45, 2.75) is 413 Å². The van der Waals surface area contributed by atoms with Crippen LogP contribution in [0.2, 0.25) is 0 Å². The van der Waals surface area contributed by atoms with E-state index in [1.165, 1.54) is 19.3 Å². The van der Waals surface area contributed by atoms with Crippen molar-refractivity contribution in [3.8, 4) is 0 Å². The summed E-state index contributed by atoms with van der Waals surface area (Å²) in [6.45, 7) is 30.4. The number of hydrogen-bond acceptors (Lipinski definition) is 24. The van der Waals surface area contributed by atoms with Crippen LogP contribution in [0.15, 0.2) is 0 Å². The average molecular weight is 2110 g/mol. The molecule has 16 saturated carbocycles. The molecule has 44 atom stereocenters. The summed E-state index contributed by atoms with van der Waals surface area (Å²) >= 11 is 0. The molecule has 7 unspecified atom stereocenters. The molecule has 2 amide bonds. The van der Waals surface area contributed by atoms with E-state index in [0.717, 1.165) is 186 Å². The molecule has 0 aliphatic heterocycles. The molecule has 145 heavy (non-hydrogen) atoms. The molecular formula is C112H196N4Na2O25S2. The smallest absolute Gasteiger partial charge is 0.748 e. The van der Waals surface area contributed by atoms with Crippen LogP contribution in [0, 0.1) is 185 Å². The van der Waals surface area contributed by atoms with Crippen molar-refractivity contribution in [1.82, 2.24) is 10.6 Å². The van der Waals surface area contributed by atoms with Gasteiger partial charge in [-0.2, -0.15) is 0 Å². The van der Waals surface area contributed by atoms with Crippen LogP contribution in [0.4, 0.5) is 0 Å². The van der Waals surface area contributed by atoms with Gasteiger partial charge in [0.25, 0.3) is 0 Å². The van der Waals surface area contributed by atoms with Crippen LogP contribution in [-0.2, 0) is 39.4 Å². The number of nitrogens with zero attached hydrogens (tertiary/aromatic N) is 2. The van der Waals surface area contributed by atoms with Crippen molar-refractivity contribution < 1.29 is 190 Å². The average Bonchev–Trinajstić information content (AvgIpc) is 1.61. The molecule has 828 valence electrons. The number of carbonyl (C=O) groups excluding carboxylic acids is 4. The standard InChI is InChI=1S/C32H58N2O8S.C32H58N2O7S.C24H40O5.C24H40O4.2Na.H2O/c1-20(7-10-29(39)33-13-6-14-34(4,5)18-23(36)19-43(40,41)42)24-8-9-25-30-26(17-28(38)32(24,25)3)31(2)12-11-22(35)15-21(31)16-27(30)37;1-21(8-11-29(38)33-14-6-15-34(4,5)16-7-17-42(39,40)41)24-9-10-25-30-26(20-28(37)32(24,25)3)31(2)13-12-23(35)18-22(31)19-27(30)36;1-13(4-7-21(28)29)16-5-6-17-22-18(12-20(27)24(16,17)3)23(2)9-8-15(25)10-14(23)11-19(22)26;1-14(4-9-22(27)28)18-7-8-19-17-6-5-15-12-16(25)10-11-23(15,2)20(17)13-21(26)24(18,19)3;;;/h20-28,30,35-38H,6-19H2,1-5H3,(H-,33,39,40,41,42);21-28,30,35-37H,6-20H2,1-5H3,(H-,33,38,39,40,41);13-20,22,25-27H,4-12H2,1-3H3,(H,28,29);14-21,25-26H,4-13H2,1-3H3,(H,27,28);;;1H2/q;;;;2*+1;/p-2/t20-,21?,22-,23?,24-,25?,26+,27-,28+,30+,31+,32-;21-,22?,23-,24-,25+,26+,27-,28+,30+,31+,32-;13-,14+,15-,16-,17?,18?,19-,20+,22?,23+,24-;14-,15-,16-,17+,18-,19+,20+,21+,23+,24-;;;/m1111.../s1. The number of carboxylic acids is 2. The Bertz CT molecular complexity index is 4470. The molecule has 0 spiro atoms. The summed E-state index contributed by atoms with van der Waals surface area (Å²) < 4.78 is 66.2. The Morgan fingerprint density at radius 1 is 0.359 bits per heavy atom. The van der Waals surface area contributed by atoms with Crippen molar-refractivity contribution in [2.24, 2.45) is 185 Å². The number of aliphatic carboxylic acids is 2. The van der Waals surface area contributed by atoms with Gasteiger partial charge in [0.05, 0.1) is 141 Å². The number of hydrogen-bond donors (Lipinski definition) is 14. The first kappa shape index (κ1) is 126. The predicted molar refractivity (Wildman–Crippen MR) is 541 cm³/mol. The van der Waals surface area contributed by atoms with Gasteiger partial charge in [0.15, 0.2) is 0 Å². The molecule has 0 bridgehead atoms. The van der Waals surface area contributed by atoms with Crippen molar-refractivity contribution in [1.29, 1.82) is 0 Å². The molecule has 0 aromatic heterocycles. The van der Waals surface area contributed by atoms with E-state index in [9.17, 15) is 117 Å². The van der Waals surface area contributed by atoms with E-state index in [0.29, 0.717) is 151 Å². The molecule has 16 N–H and O–H groups in total. The Kier molecular flexibility index (Phi) is 43.2. The largest absolute Gasteiger partial charge is 1.00 e. The number of carboxylic acid groups (broad SMARTS) is 2. The number of fused-ring (bicyclic) bond motifs is 20. The van der Waals surface area contributed by atoms with Gasteiger partial charge in [0.1, 0.15) is 12.6 Å². The molecule has 16 fully saturated rings. The number of aliphatic hydroxyl groups excluding tert-OH is 12. The third kappa shape index (κ3) is 26.8. The molecule has 0 aromatic carbocycles. The Morgan fingerprint density at radius 2 is 0.648 bits per heavy atom. The van der Waals surface area contributed by atoms with Gasteiger partial charge in [-0.25, -0.2) is 16.8 Å². The summed E-state index contributed by atoms with van der Waals surface area (Å²) in [5.41, 5.74) is -0.404. The second kappa shape index (κ2) is 49.7. The van der Waals surface area contributed by atoms with Crippen LogP contribution in [0.1, 0.15) is 340 Å². The van der Waals surface area contributed by atoms with Gasteiger partial charge in [-0.1, -0.05) is 83.1 Å². The number of nitrogens with one attached hydrogen (secondary N) is 2. The Labute approximate surface area is 915 Å².